The van der Waals surface area contributed by atoms with Gasteiger partial charge >= 0.3 is 0 Å². The molecular formula is C15H12Cl2FNO. The summed E-state index contributed by atoms with van der Waals surface area (Å²) in [5.41, 5.74) is 7.63. The highest BCUT2D eigenvalue weighted by atomic mass is 35.5. The topological polar surface area (TPSA) is 35.2 Å². The van der Waals surface area contributed by atoms with Crippen molar-refractivity contribution >= 4 is 23.2 Å². The molecule has 0 amide bonds. The Morgan fingerprint density at radius 2 is 1.90 bits per heavy atom. The van der Waals surface area contributed by atoms with Gasteiger partial charge in [0, 0.05) is 33.6 Å². The molecule has 1 heterocycles. The number of hydrogen-bond donors (Lipinski definition) is 1. The Morgan fingerprint density at radius 1 is 1.10 bits per heavy atom. The van der Waals surface area contributed by atoms with Crippen LogP contribution in [0.1, 0.15) is 29.7 Å². The van der Waals surface area contributed by atoms with Gasteiger partial charge < -0.3 is 10.5 Å². The van der Waals surface area contributed by atoms with Crippen molar-refractivity contribution in [1.29, 1.82) is 0 Å². The van der Waals surface area contributed by atoms with Gasteiger partial charge in [0.2, 0.25) is 0 Å². The van der Waals surface area contributed by atoms with Crippen LogP contribution in [0.2, 0.25) is 10.0 Å². The summed E-state index contributed by atoms with van der Waals surface area (Å²) in [4.78, 5) is 0. The first-order chi connectivity index (χ1) is 9.54. The smallest absolute Gasteiger partial charge is 0.127 e. The van der Waals surface area contributed by atoms with Gasteiger partial charge in [-0.1, -0.05) is 29.3 Å². The van der Waals surface area contributed by atoms with Gasteiger partial charge in [-0.15, -0.1) is 0 Å². The minimum Gasteiger partial charge on any atom is -0.485 e. The molecule has 2 N–H and O–H groups in total. The van der Waals surface area contributed by atoms with Gasteiger partial charge in [0.25, 0.3) is 0 Å². The molecule has 104 valence electrons. The lowest BCUT2D eigenvalue weighted by Gasteiger charge is -2.31. The Labute approximate surface area is 126 Å². The van der Waals surface area contributed by atoms with Crippen molar-refractivity contribution in [1.82, 2.24) is 0 Å². The number of hydrogen-bond acceptors (Lipinski definition) is 2. The maximum Gasteiger partial charge on any atom is 0.127 e. The largest absolute Gasteiger partial charge is 0.485 e. The molecule has 0 aromatic heterocycles. The first-order valence-corrected chi connectivity index (χ1v) is 6.97. The van der Waals surface area contributed by atoms with Crippen molar-refractivity contribution in [2.24, 2.45) is 5.73 Å². The van der Waals surface area contributed by atoms with Gasteiger partial charge in [0.1, 0.15) is 17.7 Å². The number of rotatable bonds is 1. The van der Waals surface area contributed by atoms with Crippen LogP contribution in [0.4, 0.5) is 4.39 Å². The van der Waals surface area contributed by atoms with Crippen molar-refractivity contribution in [3.63, 3.8) is 0 Å². The Bertz CT molecular complexity index is 662. The van der Waals surface area contributed by atoms with Crippen LogP contribution in [0.5, 0.6) is 5.75 Å². The zero-order chi connectivity index (χ0) is 14.3. The summed E-state index contributed by atoms with van der Waals surface area (Å²) < 4.78 is 19.1. The van der Waals surface area contributed by atoms with Crippen molar-refractivity contribution in [3.8, 4) is 5.75 Å². The van der Waals surface area contributed by atoms with Crippen LogP contribution in [0, 0.1) is 5.82 Å². The molecule has 5 heteroatoms. The zero-order valence-electron chi connectivity index (χ0n) is 10.4. The van der Waals surface area contributed by atoms with E-state index in [2.05, 4.69) is 0 Å². The molecular weight excluding hydrogens is 300 g/mol. The summed E-state index contributed by atoms with van der Waals surface area (Å²) >= 11 is 12.1. The highest BCUT2D eigenvalue weighted by Crippen LogP contribution is 2.41. The molecule has 0 saturated heterocycles. The molecule has 0 aliphatic carbocycles. The highest BCUT2D eigenvalue weighted by Gasteiger charge is 2.28. The Kier molecular flexibility index (Phi) is 3.59. The molecule has 0 saturated carbocycles. The number of halogens is 3. The van der Waals surface area contributed by atoms with Crippen molar-refractivity contribution in [3.05, 3.63) is 63.4 Å². The number of ether oxygens (including phenoxy) is 1. The average molecular weight is 312 g/mol. The van der Waals surface area contributed by atoms with Crippen LogP contribution < -0.4 is 10.5 Å². The SMILES string of the molecule is NC1CC(c2ccc(Cl)cc2Cl)Oc2ccc(F)cc21. The monoisotopic (exact) mass is 311 g/mol. The average Bonchev–Trinajstić information content (AvgIpc) is 2.39. The van der Waals surface area contributed by atoms with E-state index >= 15 is 0 Å². The van der Waals surface area contributed by atoms with Gasteiger partial charge in [0.15, 0.2) is 0 Å². The number of fused-ring (bicyclic) bond motifs is 1. The second-order valence-electron chi connectivity index (χ2n) is 4.80. The molecule has 2 nitrogen and oxygen atoms in total. The first kappa shape index (κ1) is 13.7. The molecule has 0 radical (unpaired) electrons. The van der Waals surface area contributed by atoms with Crippen molar-refractivity contribution < 1.29 is 9.13 Å². The molecule has 1 aliphatic rings. The number of benzene rings is 2. The second-order valence-corrected chi connectivity index (χ2v) is 5.64. The van der Waals surface area contributed by atoms with E-state index in [1.54, 1.807) is 18.2 Å². The van der Waals surface area contributed by atoms with E-state index in [4.69, 9.17) is 33.7 Å². The van der Waals surface area contributed by atoms with E-state index in [9.17, 15) is 4.39 Å². The molecule has 3 rings (SSSR count). The Hall–Kier alpha value is -1.29. The third-order valence-corrected chi connectivity index (χ3v) is 3.98. The minimum atomic E-state index is -0.314. The lowest BCUT2D eigenvalue weighted by atomic mass is 9.93. The van der Waals surface area contributed by atoms with E-state index in [0.717, 1.165) is 5.56 Å². The summed E-state index contributed by atoms with van der Waals surface area (Å²) in [7, 11) is 0. The molecule has 2 aromatic carbocycles. The van der Waals surface area contributed by atoms with Crippen LogP contribution >= 0.6 is 23.2 Å². The fraction of sp³-hybridized carbons (Fsp3) is 0.200. The Morgan fingerprint density at radius 3 is 2.65 bits per heavy atom. The fourth-order valence-corrected chi connectivity index (χ4v) is 2.96. The fourth-order valence-electron chi connectivity index (χ4n) is 2.43. The molecule has 1 aliphatic heterocycles. The van der Waals surface area contributed by atoms with E-state index in [-0.39, 0.29) is 18.0 Å². The van der Waals surface area contributed by atoms with Crippen LogP contribution in [0.3, 0.4) is 0 Å². The predicted octanol–water partition coefficient (Wildman–Crippen LogP) is 4.66. The zero-order valence-corrected chi connectivity index (χ0v) is 12.0. The Balaban J connectivity index is 1.97. The van der Waals surface area contributed by atoms with Crippen LogP contribution in [-0.4, -0.2) is 0 Å². The first-order valence-electron chi connectivity index (χ1n) is 6.21. The van der Waals surface area contributed by atoms with Crippen LogP contribution in [0.15, 0.2) is 36.4 Å². The predicted molar refractivity (Wildman–Crippen MR) is 77.8 cm³/mol. The lowest BCUT2D eigenvalue weighted by Crippen LogP contribution is -2.24. The van der Waals surface area contributed by atoms with Crippen molar-refractivity contribution in [2.45, 2.75) is 18.6 Å². The van der Waals surface area contributed by atoms with Gasteiger partial charge in [-0.3, -0.25) is 0 Å². The summed E-state index contributed by atoms with van der Waals surface area (Å²) in [6.45, 7) is 0. The third kappa shape index (κ3) is 2.49. The standard InChI is InChI=1S/C15H12Cl2FNO/c16-8-1-3-10(12(17)5-8)15-7-13(19)11-6-9(18)2-4-14(11)20-15/h1-6,13,15H,7,19H2. The van der Waals surface area contributed by atoms with Gasteiger partial charge in [0.05, 0.1) is 0 Å². The van der Waals surface area contributed by atoms with Gasteiger partial charge in [-0.25, -0.2) is 4.39 Å². The molecule has 2 unspecified atom stereocenters. The van der Waals surface area contributed by atoms with Crippen molar-refractivity contribution in [2.75, 3.05) is 0 Å². The quantitative estimate of drug-likeness (QED) is 0.831. The van der Waals surface area contributed by atoms with E-state index < -0.39 is 0 Å². The van der Waals surface area contributed by atoms with Crippen LogP contribution in [0.25, 0.3) is 0 Å². The molecule has 20 heavy (non-hydrogen) atoms. The van der Waals surface area contributed by atoms with E-state index in [0.29, 0.717) is 27.8 Å². The van der Waals surface area contributed by atoms with Gasteiger partial charge in [-0.2, -0.15) is 0 Å². The maximum absolute atomic E-state index is 13.2. The maximum atomic E-state index is 13.2. The second kappa shape index (κ2) is 5.24. The van der Waals surface area contributed by atoms with E-state index in [1.165, 1.54) is 12.1 Å². The molecule has 0 fully saturated rings. The molecule has 2 aromatic rings. The lowest BCUT2D eigenvalue weighted by molar-refractivity contribution is 0.161. The summed E-state index contributed by atoms with van der Waals surface area (Å²) in [5.74, 6) is 0.284. The molecule has 0 bridgehead atoms. The highest BCUT2D eigenvalue weighted by molar-refractivity contribution is 6.35. The number of nitrogens with two attached hydrogens (primary N) is 1. The summed E-state index contributed by atoms with van der Waals surface area (Å²) in [5, 5.41) is 1.11. The normalized spacial score (nSPS) is 21.2. The van der Waals surface area contributed by atoms with Crippen LogP contribution in [-0.2, 0) is 0 Å². The minimum absolute atomic E-state index is 0.257. The summed E-state index contributed by atoms with van der Waals surface area (Å²) in [6, 6.07) is 9.35. The molecule has 0 spiro atoms. The molecule has 2 atom stereocenters. The summed E-state index contributed by atoms with van der Waals surface area (Å²) in [6.07, 6.45) is 0.283. The van der Waals surface area contributed by atoms with E-state index in [1.807, 2.05) is 6.07 Å². The third-order valence-electron chi connectivity index (χ3n) is 3.42. The van der Waals surface area contributed by atoms with Gasteiger partial charge in [-0.05, 0) is 30.3 Å².